The molecule has 0 aliphatic carbocycles. The van der Waals surface area contributed by atoms with Crippen LogP contribution in [-0.4, -0.2) is 9.97 Å². The summed E-state index contributed by atoms with van der Waals surface area (Å²) in [6.45, 7) is 0. The molecule has 5 nitrogen and oxygen atoms in total. The molecule has 1 aromatic rings. The van der Waals surface area contributed by atoms with Crippen molar-refractivity contribution in [2.24, 2.45) is 10.2 Å². The van der Waals surface area contributed by atoms with Crippen LogP contribution in [0.4, 0.5) is 11.6 Å². The molecule has 0 bridgehead atoms. The van der Waals surface area contributed by atoms with Gasteiger partial charge in [-0.25, -0.2) is 9.97 Å². The quantitative estimate of drug-likeness (QED) is 0.471. The Labute approximate surface area is 67.3 Å². The molecule has 56 valence electrons. The highest BCUT2D eigenvalue weighted by molar-refractivity contribution is 6.21. The zero-order chi connectivity index (χ0) is 7.84. The molecule has 2 rings (SSSR count). The van der Waals surface area contributed by atoms with Crippen molar-refractivity contribution in [2.45, 2.75) is 5.50 Å². The Kier molecular flexibility index (Phi) is 1.25. The van der Waals surface area contributed by atoms with Gasteiger partial charge in [-0.15, -0.1) is 5.11 Å². The first-order valence-corrected chi connectivity index (χ1v) is 3.38. The zero-order valence-electron chi connectivity index (χ0n) is 5.40. The van der Waals surface area contributed by atoms with Gasteiger partial charge in [0, 0.05) is 0 Å². The largest absolute Gasteiger partial charge is 0.383 e. The van der Waals surface area contributed by atoms with Crippen LogP contribution >= 0.6 is 11.6 Å². The number of nitrogens with two attached hydrogens (primary N) is 1. The number of hydrogen-bond donors (Lipinski definition) is 1. The third kappa shape index (κ3) is 0.848. The molecule has 1 aliphatic heterocycles. The summed E-state index contributed by atoms with van der Waals surface area (Å²) in [5.41, 5.74) is 5.59. The Morgan fingerprint density at radius 1 is 1.45 bits per heavy atom. The van der Waals surface area contributed by atoms with Crippen LogP contribution in [0.15, 0.2) is 16.6 Å². The lowest BCUT2D eigenvalue weighted by atomic mass is 10.3. The fraction of sp³-hybridized carbons (Fsp3) is 0.200. The molecular formula is C5H4ClN5. The fourth-order valence-corrected chi connectivity index (χ4v) is 1.12. The maximum Gasteiger partial charge on any atom is 0.185 e. The second-order valence-electron chi connectivity index (χ2n) is 2.05. The zero-order valence-corrected chi connectivity index (χ0v) is 6.15. The average molecular weight is 170 g/mol. The topological polar surface area (TPSA) is 76.5 Å². The van der Waals surface area contributed by atoms with Crippen molar-refractivity contribution in [1.29, 1.82) is 0 Å². The fourth-order valence-electron chi connectivity index (χ4n) is 0.871. The van der Waals surface area contributed by atoms with Gasteiger partial charge in [-0.05, 0) is 0 Å². The van der Waals surface area contributed by atoms with Crippen molar-refractivity contribution in [3.63, 3.8) is 0 Å². The molecule has 1 atom stereocenters. The maximum absolute atomic E-state index is 5.73. The average Bonchev–Trinajstić information content (AvgIpc) is 2.34. The van der Waals surface area contributed by atoms with E-state index < -0.39 is 5.50 Å². The number of nitrogens with zero attached hydrogens (tertiary/aromatic N) is 4. The lowest BCUT2D eigenvalue weighted by Crippen LogP contribution is -1.97. The number of fused-ring (bicyclic) bond motifs is 1. The van der Waals surface area contributed by atoms with E-state index in [-0.39, 0.29) is 0 Å². The summed E-state index contributed by atoms with van der Waals surface area (Å²) in [5.74, 6) is 0.817. The minimum atomic E-state index is -0.522. The molecule has 2 N–H and O–H groups in total. The summed E-state index contributed by atoms with van der Waals surface area (Å²) in [6.07, 6.45) is 1.34. The summed E-state index contributed by atoms with van der Waals surface area (Å²) in [4.78, 5) is 7.60. The van der Waals surface area contributed by atoms with Crippen molar-refractivity contribution in [3.05, 3.63) is 11.9 Å². The van der Waals surface area contributed by atoms with Gasteiger partial charge in [0.05, 0.1) is 5.56 Å². The van der Waals surface area contributed by atoms with E-state index in [4.69, 9.17) is 17.3 Å². The third-order valence-corrected chi connectivity index (χ3v) is 1.69. The number of azo groups is 1. The van der Waals surface area contributed by atoms with Crippen molar-refractivity contribution in [2.75, 3.05) is 5.73 Å². The molecule has 0 fully saturated rings. The van der Waals surface area contributed by atoms with Gasteiger partial charge in [0.1, 0.15) is 12.1 Å². The number of rotatable bonds is 0. The van der Waals surface area contributed by atoms with Crippen LogP contribution in [0, 0.1) is 0 Å². The monoisotopic (exact) mass is 169 g/mol. The summed E-state index contributed by atoms with van der Waals surface area (Å²) >= 11 is 5.73. The van der Waals surface area contributed by atoms with Crippen LogP contribution in [0.3, 0.4) is 0 Å². The van der Waals surface area contributed by atoms with E-state index in [2.05, 4.69) is 20.2 Å². The van der Waals surface area contributed by atoms with E-state index in [1.807, 2.05) is 0 Å². The predicted octanol–water partition coefficient (Wildman–Crippen LogP) is 1.39. The molecule has 0 saturated heterocycles. The van der Waals surface area contributed by atoms with Crippen molar-refractivity contribution in [1.82, 2.24) is 9.97 Å². The normalized spacial score (nSPS) is 20.3. The van der Waals surface area contributed by atoms with E-state index in [1.54, 1.807) is 0 Å². The van der Waals surface area contributed by atoms with E-state index in [1.165, 1.54) is 6.33 Å². The van der Waals surface area contributed by atoms with Crippen molar-refractivity contribution < 1.29 is 0 Å². The van der Waals surface area contributed by atoms with Crippen LogP contribution in [0.1, 0.15) is 11.1 Å². The van der Waals surface area contributed by atoms with Crippen molar-refractivity contribution in [3.8, 4) is 0 Å². The number of anilines is 1. The van der Waals surface area contributed by atoms with Crippen LogP contribution in [0.25, 0.3) is 0 Å². The minimum Gasteiger partial charge on any atom is -0.383 e. The van der Waals surface area contributed by atoms with Gasteiger partial charge < -0.3 is 5.73 Å². The molecule has 0 spiro atoms. The van der Waals surface area contributed by atoms with E-state index in [0.29, 0.717) is 17.2 Å². The van der Waals surface area contributed by atoms with Gasteiger partial charge >= 0.3 is 0 Å². The first-order chi connectivity index (χ1) is 5.29. The number of aromatic nitrogens is 2. The summed E-state index contributed by atoms with van der Waals surface area (Å²) < 4.78 is 0. The molecule has 0 unspecified atom stereocenters. The molecular weight excluding hydrogens is 166 g/mol. The molecule has 6 heteroatoms. The van der Waals surface area contributed by atoms with Gasteiger partial charge in [-0.2, -0.15) is 5.11 Å². The van der Waals surface area contributed by atoms with Crippen molar-refractivity contribution >= 4 is 23.2 Å². The van der Waals surface area contributed by atoms with Gasteiger partial charge in [-0.1, -0.05) is 11.6 Å². The molecule has 1 aliphatic rings. The smallest absolute Gasteiger partial charge is 0.185 e. The second kappa shape index (κ2) is 2.13. The van der Waals surface area contributed by atoms with Crippen LogP contribution < -0.4 is 5.73 Å². The van der Waals surface area contributed by atoms with Crippen LogP contribution in [0.2, 0.25) is 0 Å². The van der Waals surface area contributed by atoms with Gasteiger partial charge in [0.15, 0.2) is 11.3 Å². The van der Waals surface area contributed by atoms with E-state index >= 15 is 0 Å². The van der Waals surface area contributed by atoms with E-state index in [0.717, 1.165) is 0 Å². The number of hydrogen-bond acceptors (Lipinski definition) is 5. The Hall–Kier alpha value is -1.23. The highest BCUT2D eigenvalue weighted by Gasteiger charge is 2.22. The standard InChI is InChI=1S/C5H4ClN5/c6-3-2-4(7)8-1-9-5(2)11-10-3/h1,3H,(H2,7,8,9)/t3-/m1/s1. The number of halogens is 1. The Morgan fingerprint density at radius 3 is 3.00 bits per heavy atom. The highest BCUT2D eigenvalue weighted by Crippen LogP contribution is 2.38. The maximum atomic E-state index is 5.73. The highest BCUT2D eigenvalue weighted by atomic mass is 35.5. The predicted molar refractivity (Wildman–Crippen MR) is 39.6 cm³/mol. The van der Waals surface area contributed by atoms with Crippen LogP contribution in [0.5, 0.6) is 0 Å². The lowest BCUT2D eigenvalue weighted by Gasteiger charge is -1.99. The molecule has 0 aromatic carbocycles. The molecule has 2 heterocycles. The molecule has 0 saturated carbocycles. The van der Waals surface area contributed by atoms with Gasteiger partial charge in [0.2, 0.25) is 0 Å². The Balaban J connectivity index is 2.65. The van der Waals surface area contributed by atoms with Crippen LogP contribution in [-0.2, 0) is 0 Å². The molecule has 0 radical (unpaired) electrons. The molecule has 0 amide bonds. The Morgan fingerprint density at radius 2 is 2.27 bits per heavy atom. The second-order valence-corrected chi connectivity index (χ2v) is 2.46. The lowest BCUT2D eigenvalue weighted by molar-refractivity contribution is 0.991. The minimum absolute atomic E-state index is 0.347. The number of nitrogen functional groups attached to an aromatic ring is 1. The molecule has 11 heavy (non-hydrogen) atoms. The SMILES string of the molecule is Nc1ncnc2c1[C@H](Cl)N=N2. The number of alkyl halides is 1. The van der Waals surface area contributed by atoms with Gasteiger partial charge in [0.25, 0.3) is 0 Å². The van der Waals surface area contributed by atoms with Gasteiger partial charge in [-0.3, -0.25) is 0 Å². The Bertz CT molecular complexity index is 323. The summed E-state index contributed by atoms with van der Waals surface area (Å²) in [5, 5.41) is 7.38. The summed E-state index contributed by atoms with van der Waals surface area (Å²) in [6, 6.07) is 0. The molecule has 1 aromatic heterocycles. The van der Waals surface area contributed by atoms with E-state index in [9.17, 15) is 0 Å². The third-order valence-electron chi connectivity index (χ3n) is 1.39. The first kappa shape index (κ1) is 6.48. The summed E-state index contributed by atoms with van der Waals surface area (Å²) in [7, 11) is 0. The first-order valence-electron chi connectivity index (χ1n) is 2.94.